The van der Waals surface area contributed by atoms with Crippen molar-refractivity contribution in [2.24, 2.45) is 0 Å². The van der Waals surface area contributed by atoms with E-state index >= 15 is 0 Å². The molecule has 2 nitrogen and oxygen atoms in total. The predicted octanol–water partition coefficient (Wildman–Crippen LogP) is 3.80. The van der Waals surface area contributed by atoms with Crippen molar-refractivity contribution in [3.63, 3.8) is 0 Å². The van der Waals surface area contributed by atoms with Crippen LogP contribution in [0.3, 0.4) is 0 Å². The molecule has 22 heavy (non-hydrogen) atoms. The van der Waals surface area contributed by atoms with Crippen LogP contribution in [0.4, 0.5) is 0 Å². The summed E-state index contributed by atoms with van der Waals surface area (Å²) >= 11 is 0. The van der Waals surface area contributed by atoms with E-state index in [0.29, 0.717) is 0 Å². The van der Waals surface area contributed by atoms with Gasteiger partial charge in [0.15, 0.2) is 0 Å². The van der Waals surface area contributed by atoms with E-state index in [1.165, 1.54) is 0 Å². The van der Waals surface area contributed by atoms with Crippen LogP contribution in [0.2, 0.25) is 0 Å². The summed E-state index contributed by atoms with van der Waals surface area (Å²) < 4.78 is 6.08. The van der Waals surface area contributed by atoms with Gasteiger partial charge in [0.1, 0.15) is 5.60 Å². The number of rotatable bonds is 2. The predicted molar refractivity (Wildman–Crippen MR) is 81.8 cm³/mol. The molecule has 0 fully saturated rings. The van der Waals surface area contributed by atoms with Gasteiger partial charge >= 0.3 is 0 Å². The minimum atomic E-state index is -0.599. The Balaban J connectivity index is 0.00000144. The quantitative estimate of drug-likeness (QED) is 0.539. The van der Waals surface area contributed by atoms with Crippen LogP contribution in [0.15, 0.2) is 66.9 Å². The molecule has 1 atom stereocenters. The van der Waals surface area contributed by atoms with Gasteiger partial charge < -0.3 is 9.72 Å². The molecule has 1 aliphatic rings. The number of fused-ring (bicyclic) bond motifs is 3. The van der Waals surface area contributed by atoms with Crippen molar-refractivity contribution >= 4 is 0 Å². The van der Waals surface area contributed by atoms with Crippen LogP contribution >= 0.6 is 0 Å². The Morgan fingerprint density at radius 3 is 2.50 bits per heavy atom. The maximum Gasteiger partial charge on any atom is 0.104 e. The van der Waals surface area contributed by atoms with Gasteiger partial charge in [0.25, 0.3) is 0 Å². The first-order chi connectivity index (χ1) is 10.4. The molecule has 0 amide bonds. The third kappa shape index (κ3) is 1.90. The number of nitrogens with zero attached hydrogens (tertiary/aromatic N) is 1. The Kier molecular flexibility index (Phi) is 3.96. The van der Waals surface area contributed by atoms with Gasteiger partial charge in [-0.15, -0.1) is 29.8 Å². The molecule has 1 heterocycles. The smallest absolute Gasteiger partial charge is 0.104 e. The third-order valence-electron chi connectivity index (χ3n) is 4.15. The van der Waals surface area contributed by atoms with Crippen LogP contribution in [-0.4, -0.2) is 12.1 Å². The molecule has 1 aliphatic carbocycles. The van der Waals surface area contributed by atoms with Crippen molar-refractivity contribution in [2.75, 3.05) is 7.11 Å². The number of aromatic nitrogens is 1. The topological polar surface area (TPSA) is 22.1 Å². The van der Waals surface area contributed by atoms with Gasteiger partial charge in [-0.25, -0.2) is 0 Å². The summed E-state index contributed by atoms with van der Waals surface area (Å²) in [5.41, 5.74) is 4.68. The summed E-state index contributed by atoms with van der Waals surface area (Å²) in [6.07, 6.45) is 1.82. The molecular weight excluding hydrogens is 450 g/mol. The number of hydrogen-bond acceptors (Lipinski definition) is 2. The van der Waals surface area contributed by atoms with E-state index in [4.69, 9.17) is 4.74 Å². The number of methoxy groups -OCH3 is 1. The van der Waals surface area contributed by atoms with Crippen LogP contribution < -0.4 is 0 Å². The zero-order valence-corrected chi connectivity index (χ0v) is 14.4. The van der Waals surface area contributed by atoms with Crippen molar-refractivity contribution in [1.82, 2.24) is 4.98 Å². The van der Waals surface area contributed by atoms with Gasteiger partial charge in [-0.05, 0) is 22.9 Å². The summed E-state index contributed by atoms with van der Waals surface area (Å²) in [4.78, 5) is 4.56. The Morgan fingerprint density at radius 1 is 0.955 bits per heavy atom. The Labute approximate surface area is 143 Å². The summed E-state index contributed by atoms with van der Waals surface area (Å²) in [5, 5.41) is 0. The maximum absolute atomic E-state index is 6.08. The molecule has 2 aromatic carbocycles. The average molecular weight is 465 g/mol. The molecule has 0 aliphatic heterocycles. The summed E-state index contributed by atoms with van der Waals surface area (Å²) in [5.74, 6) is 0. The summed E-state index contributed by atoms with van der Waals surface area (Å²) in [6.45, 7) is 0. The number of pyridine rings is 1. The monoisotopic (exact) mass is 465 g/mol. The van der Waals surface area contributed by atoms with Crippen LogP contribution in [0.5, 0.6) is 0 Å². The van der Waals surface area contributed by atoms with Gasteiger partial charge in [0.05, 0.1) is 0 Å². The fourth-order valence-corrected chi connectivity index (χ4v) is 3.28. The average Bonchev–Trinajstić information content (AvgIpc) is 2.87. The minimum Gasteiger partial charge on any atom is -0.374 e. The van der Waals surface area contributed by atoms with E-state index in [0.717, 1.165) is 27.9 Å². The van der Waals surface area contributed by atoms with Crippen LogP contribution in [0.1, 0.15) is 16.7 Å². The van der Waals surface area contributed by atoms with E-state index < -0.39 is 5.60 Å². The molecule has 3 heteroatoms. The van der Waals surface area contributed by atoms with Gasteiger partial charge in [0.2, 0.25) is 0 Å². The first-order valence-electron chi connectivity index (χ1n) is 6.95. The van der Waals surface area contributed by atoms with E-state index in [-0.39, 0.29) is 20.1 Å². The molecule has 1 radical (unpaired) electrons. The van der Waals surface area contributed by atoms with E-state index in [1.807, 2.05) is 42.6 Å². The fourth-order valence-electron chi connectivity index (χ4n) is 3.28. The largest absolute Gasteiger partial charge is 0.374 e. The first-order valence-corrected chi connectivity index (χ1v) is 6.95. The molecular formula is C19H14IrNO-. The van der Waals surface area contributed by atoms with Crippen LogP contribution in [-0.2, 0) is 30.4 Å². The summed E-state index contributed by atoms with van der Waals surface area (Å²) in [7, 11) is 1.76. The van der Waals surface area contributed by atoms with E-state index in [1.54, 1.807) is 7.11 Å². The van der Waals surface area contributed by atoms with Crippen molar-refractivity contribution in [3.8, 4) is 11.3 Å². The van der Waals surface area contributed by atoms with Crippen molar-refractivity contribution in [2.45, 2.75) is 5.60 Å². The molecule has 0 saturated carbocycles. The van der Waals surface area contributed by atoms with Crippen LogP contribution in [0.25, 0.3) is 11.3 Å². The maximum atomic E-state index is 6.08. The molecule has 3 aromatic rings. The second kappa shape index (κ2) is 5.77. The van der Waals surface area contributed by atoms with Crippen LogP contribution in [0, 0.1) is 6.07 Å². The Hall–Kier alpha value is -1.80. The van der Waals surface area contributed by atoms with Gasteiger partial charge in [-0.1, -0.05) is 42.0 Å². The molecule has 1 aromatic heterocycles. The van der Waals surface area contributed by atoms with Gasteiger partial charge in [-0.3, -0.25) is 0 Å². The third-order valence-corrected chi connectivity index (χ3v) is 4.15. The fraction of sp³-hybridized carbons (Fsp3) is 0.105. The number of benzene rings is 2. The van der Waals surface area contributed by atoms with Gasteiger partial charge in [0, 0.05) is 33.4 Å². The molecule has 1 unspecified atom stereocenters. The second-order valence-corrected chi connectivity index (χ2v) is 5.11. The van der Waals surface area contributed by atoms with E-state index in [2.05, 4.69) is 35.3 Å². The Bertz CT molecular complexity index is 756. The van der Waals surface area contributed by atoms with Crippen molar-refractivity contribution < 1.29 is 24.8 Å². The number of hydrogen-bond donors (Lipinski definition) is 0. The normalized spacial score (nSPS) is 18.2. The van der Waals surface area contributed by atoms with E-state index in [9.17, 15) is 0 Å². The summed E-state index contributed by atoms with van der Waals surface area (Å²) in [6, 6.07) is 23.7. The molecule has 4 rings (SSSR count). The molecule has 0 bridgehead atoms. The zero-order chi connectivity index (χ0) is 14.3. The van der Waals surface area contributed by atoms with Crippen molar-refractivity contribution in [1.29, 1.82) is 0 Å². The Morgan fingerprint density at radius 2 is 1.73 bits per heavy atom. The van der Waals surface area contributed by atoms with Crippen molar-refractivity contribution in [3.05, 3.63) is 89.6 Å². The zero-order valence-electron chi connectivity index (χ0n) is 12.0. The molecule has 111 valence electrons. The second-order valence-electron chi connectivity index (χ2n) is 5.11. The molecule has 0 spiro atoms. The molecule has 0 saturated heterocycles. The molecule has 0 N–H and O–H groups in total. The number of ether oxygens (including phenoxy) is 1. The van der Waals surface area contributed by atoms with Gasteiger partial charge in [-0.2, -0.15) is 0 Å². The first kappa shape index (κ1) is 15.1. The minimum absolute atomic E-state index is 0. The standard InChI is InChI=1S/C19H14NO.Ir/c1-21-19(14-8-3-2-4-9-14)16-11-6-5-10-15(16)18-17(19)12-7-13-20-18;/h2-9,11-13H,1H3;/q-1;. The SMILES string of the molecule is COC1(c2ccccc2)c2ccc[c-]c2-c2ncccc21.[Ir].